The van der Waals surface area contributed by atoms with E-state index in [0.29, 0.717) is 0 Å². The van der Waals surface area contributed by atoms with Gasteiger partial charge < -0.3 is 18.9 Å². The second kappa shape index (κ2) is 13.6. The minimum atomic E-state index is -0.117. The summed E-state index contributed by atoms with van der Waals surface area (Å²) in [6.07, 6.45) is 5.62. The maximum atomic E-state index is 6.79. The molecular weight excluding hydrogens is 759 g/mol. The molecule has 8 aromatic carbocycles. The van der Waals surface area contributed by atoms with Gasteiger partial charge in [-0.3, -0.25) is 9.13 Å². The molecule has 0 saturated carbocycles. The Labute approximate surface area is 358 Å². The fourth-order valence-corrected chi connectivity index (χ4v) is 9.78. The molecule has 2 aliphatic rings. The number of hydrogen-bond acceptors (Lipinski definition) is 4. The average molecular weight is 795 g/mol. The van der Waals surface area contributed by atoms with Crippen molar-refractivity contribution in [3.8, 4) is 39.7 Å². The highest BCUT2D eigenvalue weighted by Gasteiger charge is 2.48. The number of pyridine rings is 1. The van der Waals surface area contributed by atoms with Crippen molar-refractivity contribution in [3.63, 3.8) is 0 Å². The molecule has 0 bridgehead atoms. The van der Waals surface area contributed by atoms with Crippen LogP contribution in [0, 0.1) is 6.33 Å². The van der Waals surface area contributed by atoms with Crippen molar-refractivity contribution in [1.82, 2.24) is 14.1 Å². The zero-order valence-corrected chi connectivity index (χ0v) is 33.4. The molecule has 7 nitrogen and oxygen atoms in total. The van der Waals surface area contributed by atoms with Crippen LogP contribution < -0.4 is 24.4 Å². The smallest absolute Gasteiger partial charge is 0.422 e. The van der Waals surface area contributed by atoms with Crippen LogP contribution in [0.4, 0.5) is 22.9 Å². The van der Waals surface area contributed by atoms with Crippen LogP contribution in [0.1, 0.15) is 0 Å². The van der Waals surface area contributed by atoms with Gasteiger partial charge in [0.25, 0.3) is 6.33 Å². The molecule has 2 aliphatic heterocycles. The number of hydrogen-bond donors (Lipinski definition) is 0. The lowest BCUT2D eigenvalue weighted by Gasteiger charge is -2.35. The van der Waals surface area contributed by atoms with Crippen LogP contribution >= 0.6 is 0 Å². The number of para-hydroxylation sites is 7. The molecule has 11 aromatic rings. The second-order valence-electron chi connectivity index (χ2n) is 15.8. The third kappa shape index (κ3) is 5.13. The molecule has 0 spiro atoms. The highest BCUT2D eigenvalue weighted by molar-refractivity contribution is 6.86. The van der Waals surface area contributed by atoms with Crippen molar-refractivity contribution < 1.29 is 9.30 Å². The van der Waals surface area contributed by atoms with E-state index in [2.05, 4.69) is 212 Å². The number of imidazole rings is 1. The van der Waals surface area contributed by atoms with Gasteiger partial charge in [0.2, 0.25) is 0 Å². The Morgan fingerprint density at radius 1 is 0.484 bits per heavy atom. The van der Waals surface area contributed by atoms with E-state index in [0.717, 1.165) is 67.8 Å². The fraction of sp³-hybridized carbons (Fsp3) is 0. The molecule has 0 fully saturated rings. The molecule has 0 aliphatic carbocycles. The molecule has 0 amide bonds. The normalized spacial score (nSPS) is 12.7. The molecule has 0 atom stereocenters. The molecule has 0 radical (unpaired) electrons. The van der Waals surface area contributed by atoms with Gasteiger partial charge in [0.15, 0.2) is 0 Å². The van der Waals surface area contributed by atoms with Crippen molar-refractivity contribution in [2.24, 2.45) is 0 Å². The van der Waals surface area contributed by atoms with Crippen LogP contribution in [0.3, 0.4) is 0 Å². The summed E-state index contributed by atoms with van der Waals surface area (Å²) in [5.41, 5.74) is 14.4. The molecule has 62 heavy (non-hydrogen) atoms. The molecule has 290 valence electrons. The topological polar surface area (TPSA) is 42.3 Å². The van der Waals surface area contributed by atoms with Gasteiger partial charge in [-0.15, -0.1) is 0 Å². The highest BCUT2D eigenvalue weighted by atomic mass is 16.5. The summed E-state index contributed by atoms with van der Waals surface area (Å²) in [5.74, 6) is 2.33. The Kier molecular flexibility index (Phi) is 7.56. The van der Waals surface area contributed by atoms with Gasteiger partial charge in [-0.1, -0.05) is 127 Å². The summed E-state index contributed by atoms with van der Waals surface area (Å²) in [5, 5.41) is 2.45. The molecule has 0 N–H and O–H groups in total. The van der Waals surface area contributed by atoms with E-state index in [9.17, 15) is 0 Å². The summed E-state index contributed by atoms with van der Waals surface area (Å²) in [4.78, 5) is 9.66. The predicted octanol–water partition coefficient (Wildman–Crippen LogP) is 11.7. The van der Waals surface area contributed by atoms with E-state index in [4.69, 9.17) is 9.72 Å². The van der Waals surface area contributed by atoms with Crippen LogP contribution in [0.2, 0.25) is 0 Å². The first-order valence-electron chi connectivity index (χ1n) is 20.9. The summed E-state index contributed by atoms with van der Waals surface area (Å²) >= 11 is 0. The van der Waals surface area contributed by atoms with Gasteiger partial charge in [-0.2, -0.15) is 0 Å². The van der Waals surface area contributed by atoms with E-state index in [1.165, 1.54) is 33.0 Å². The largest absolute Gasteiger partial charge is 0.458 e. The van der Waals surface area contributed by atoms with Gasteiger partial charge in [0.05, 0.1) is 50.5 Å². The molecule has 0 saturated heterocycles. The molecule has 5 heterocycles. The van der Waals surface area contributed by atoms with Gasteiger partial charge in [0.1, 0.15) is 17.3 Å². The van der Waals surface area contributed by atoms with E-state index < -0.39 is 0 Å². The molecule has 3 aromatic heterocycles. The van der Waals surface area contributed by atoms with Crippen molar-refractivity contribution in [2.75, 3.05) is 9.62 Å². The standard InChI is InChI=1S/C54H35BN6O/c1-5-22-44-40(18-1)41-19-4-8-25-47(41)60-52-32-31-39(35-53(52)61(55(44)60)54-30-13-14-33-56-54)62-38-17-15-16-37(34-38)57-36-58(49-27-10-9-26-48(49)57)50-28-11-12-29-51(50)59-45-23-6-2-20-42(45)43-21-3-7-24-46(43)59/h1-35H. The molecule has 13 rings (SSSR count). The van der Waals surface area contributed by atoms with Gasteiger partial charge in [0, 0.05) is 34.3 Å². The van der Waals surface area contributed by atoms with Crippen molar-refractivity contribution >= 4 is 68.2 Å². The SMILES string of the molecule is [c-]1n(-c2cccc(Oc3ccc4c(c3)N(c3ccccn3)B3c5ccccc5-c5ccccc5N34)c2)c2ccccc2[n+]1-c1ccccc1-n1c2ccccc2c2ccccc21. The summed E-state index contributed by atoms with van der Waals surface area (Å²) in [6, 6.07) is 72.5. The Morgan fingerprint density at radius 3 is 1.98 bits per heavy atom. The predicted molar refractivity (Wildman–Crippen MR) is 250 cm³/mol. The number of fused-ring (bicyclic) bond motifs is 12. The maximum absolute atomic E-state index is 6.79. The average Bonchev–Trinajstić information content (AvgIpc) is 4.00. The molecule has 0 unspecified atom stereocenters. The Bertz CT molecular complexity index is 3510. The maximum Gasteiger partial charge on any atom is 0.422 e. The minimum absolute atomic E-state index is 0.117. The quantitative estimate of drug-likeness (QED) is 0.0955. The van der Waals surface area contributed by atoms with Crippen molar-refractivity contribution in [3.05, 3.63) is 219 Å². The Hall–Kier alpha value is -8.36. The molecule has 8 heteroatoms. The summed E-state index contributed by atoms with van der Waals surface area (Å²) in [6.45, 7) is -0.117. The Morgan fingerprint density at radius 2 is 1.16 bits per heavy atom. The lowest BCUT2D eigenvalue weighted by Crippen LogP contribution is -2.55. The minimum Gasteiger partial charge on any atom is -0.458 e. The third-order valence-corrected chi connectivity index (χ3v) is 12.4. The van der Waals surface area contributed by atoms with Gasteiger partial charge in [-0.25, -0.2) is 4.98 Å². The number of benzene rings is 8. The summed E-state index contributed by atoms with van der Waals surface area (Å²) in [7, 11) is 0. The first-order valence-corrected chi connectivity index (χ1v) is 20.9. The van der Waals surface area contributed by atoms with E-state index in [-0.39, 0.29) is 6.98 Å². The zero-order chi connectivity index (χ0) is 40.7. The van der Waals surface area contributed by atoms with Crippen LogP contribution in [-0.2, 0) is 0 Å². The van der Waals surface area contributed by atoms with E-state index in [1.54, 1.807) is 0 Å². The lowest BCUT2D eigenvalue weighted by molar-refractivity contribution is -0.572. The third-order valence-electron chi connectivity index (χ3n) is 12.4. The van der Waals surface area contributed by atoms with Gasteiger partial charge >= 0.3 is 6.98 Å². The molecular formula is C54H35BN6O. The fourth-order valence-electron chi connectivity index (χ4n) is 9.78. The van der Waals surface area contributed by atoms with Gasteiger partial charge in [-0.05, 0) is 83.8 Å². The van der Waals surface area contributed by atoms with Crippen LogP contribution in [0.15, 0.2) is 212 Å². The highest BCUT2D eigenvalue weighted by Crippen LogP contribution is 2.51. The van der Waals surface area contributed by atoms with E-state index >= 15 is 0 Å². The Balaban J connectivity index is 0.906. The lowest BCUT2D eigenvalue weighted by atomic mass is 9.59. The summed E-state index contributed by atoms with van der Waals surface area (Å²) < 4.78 is 13.5. The first-order chi connectivity index (χ1) is 30.8. The number of aromatic nitrogens is 4. The number of rotatable bonds is 6. The van der Waals surface area contributed by atoms with Crippen LogP contribution in [-0.4, -0.2) is 21.1 Å². The van der Waals surface area contributed by atoms with Crippen molar-refractivity contribution in [1.29, 1.82) is 0 Å². The zero-order valence-electron chi connectivity index (χ0n) is 33.4. The number of ether oxygens (including phenoxy) is 1. The second-order valence-corrected chi connectivity index (χ2v) is 15.8. The first kappa shape index (κ1) is 34.5. The van der Waals surface area contributed by atoms with Crippen LogP contribution in [0.5, 0.6) is 11.5 Å². The monoisotopic (exact) mass is 794 g/mol. The number of nitrogens with zero attached hydrogens (tertiary/aromatic N) is 6. The van der Waals surface area contributed by atoms with Crippen LogP contribution in [0.25, 0.3) is 61.0 Å². The van der Waals surface area contributed by atoms with E-state index in [1.807, 2.05) is 30.5 Å². The number of anilines is 4. The van der Waals surface area contributed by atoms with Crippen molar-refractivity contribution in [2.45, 2.75) is 0 Å².